The van der Waals surface area contributed by atoms with E-state index in [-0.39, 0.29) is 6.10 Å². The third-order valence-electron chi connectivity index (χ3n) is 2.75. The lowest BCUT2D eigenvalue weighted by molar-refractivity contribution is 0.0851. The number of aliphatic hydroxyl groups is 1. The molecule has 2 unspecified atom stereocenters. The molecule has 16 heavy (non-hydrogen) atoms. The van der Waals surface area contributed by atoms with Crippen LogP contribution in [0.5, 0.6) is 5.75 Å². The molecule has 0 saturated carbocycles. The maximum atomic E-state index is 9.93. The number of ether oxygens (including phenoxy) is 2. The van der Waals surface area contributed by atoms with Gasteiger partial charge in [0.2, 0.25) is 0 Å². The molecule has 0 spiro atoms. The van der Waals surface area contributed by atoms with E-state index in [9.17, 15) is 5.11 Å². The summed E-state index contributed by atoms with van der Waals surface area (Å²) in [4.78, 5) is 0. The zero-order valence-corrected chi connectivity index (χ0v) is 10.1. The fourth-order valence-corrected chi connectivity index (χ4v) is 1.50. The van der Waals surface area contributed by atoms with E-state index < -0.39 is 6.10 Å². The van der Waals surface area contributed by atoms with E-state index in [2.05, 4.69) is 0 Å². The highest BCUT2D eigenvalue weighted by Gasteiger charge is 2.09. The maximum Gasteiger partial charge on any atom is 0.118 e. The van der Waals surface area contributed by atoms with Gasteiger partial charge in [0.25, 0.3) is 0 Å². The quantitative estimate of drug-likeness (QED) is 0.807. The zero-order valence-electron chi connectivity index (χ0n) is 10.1. The van der Waals surface area contributed by atoms with Gasteiger partial charge in [-0.15, -0.1) is 0 Å². The Kier molecular flexibility index (Phi) is 5.29. The van der Waals surface area contributed by atoms with Crippen LogP contribution in [-0.4, -0.2) is 25.4 Å². The van der Waals surface area contributed by atoms with Crippen molar-refractivity contribution in [3.63, 3.8) is 0 Å². The summed E-state index contributed by atoms with van der Waals surface area (Å²) in [6.07, 6.45) is 1.32. The Morgan fingerprint density at radius 2 is 1.75 bits per heavy atom. The number of methoxy groups -OCH3 is 2. The molecule has 1 N–H and O–H groups in total. The molecule has 0 aromatic heterocycles. The first kappa shape index (κ1) is 13.0. The first-order valence-corrected chi connectivity index (χ1v) is 5.52. The van der Waals surface area contributed by atoms with Crippen molar-refractivity contribution < 1.29 is 14.6 Å². The van der Waals surface area contributed by atoms with Gasteiger partial charge >= 0.3 is 0 Å². The van der Waals surface area contributed by atoms with Crippen molar-refractivity contribution in [3.05, 3.63) is 29.8 Å². The van der Waals surface area contributed by atoms with Gasteiger partial charge in [-0.1, -0.05) is 12.1 Å². The second-order valence-corrected chi connectivity index (χ2v) is 3.91. The number of benzene rings is 1. The highest BCUT2D eigenvalue weighted by molar-refractivity contribution is 5.28. The van der Waals surface area contributed by atoms with E-state index in [0.29, 0.717) is 6.42 Å². The molecule has 3 heteroatoms. The van der Waals surface area contributed by atoms with Gasteiger partial charge in [-0.25, -0.2) is 0 Å². The number of hydrogen-bond donors (Lipinski definition) is 1. The molecule has 0 aliphatic carbocycles. The van der Waals surface area contributed by atoms with Crippen LogP contribution in [0.1, 0.15) is 31.4 Å². The van der Waals surface area contributed by atoms with Crippen molar-refractivity contribution in [3.8, 4) is 5.75 Å². The van der Waals surface area contributed by atoms with Gasteiger partial charge in [-0.3, -0.25) is 0 Å². The minimum absolute atomic E-state index is 0.188. The molecule has 0 heterocycles. The Hall–Kier alpha value is -1.06. The molecule has 1 aromatic rings. The van der Waals surface area contributed by atoms with E-state index in [1.54, 1.807) is 14.2 Å². The Balaban J connectivity index is 2.49. The van der Waals surface area contributed by atoms with Crippen LogP contribution < -0.4 is 4.74 Å². The normalized spacial score (nSPS) is 14.5. The number of aliphatic hydroxyl groups excluding tert-OH is 1. The summed E-state index contributed by atoms with van der Waals surface area (Å²) >= 11 is 0. The van der Waals surface area contributed by atoms with E-state index in [1.807, 2.05) is 31.2 Å². The summed E-state index contributed by atoms with van der Waals surface area (Å²) in [5.41, 5.74) is 0.920. The van der Waals surface area contributed by atoms with Crippen molar-refractivity contribution in [2.75, 3.05) is 14.2 Å². The standard InChI is InChI=1S/C13H20O3/c1-10(15-2)4-9-13(14)11-5-7-12(16-3)8-6-11/h5-8,10,13-14H,4,9H2,1-3H3. The van der Waals surface area contributed by atoms with E-state index in [1.165, 1.54) is 0 Å². The topological polar surface area (TPSA) is 38.7 Å². The van der Waals surface area contributed by atoms with Gasteiger partial charge in [0, 0.05) is 7.11 Å². The molecule has 2 atom stereocenters. The van der Waals surface area contributed by atoms with E-state index >= 15 is 0 Å². The second-order valence-electron chi connectivity index (χ2n) is 3.91. The van der Waals surface area contributed by atoms with Crippen LogP contribution in [0.3, 0.4) is 0 Å². The van der Waals surface area contributed by atoms with Crippen LogP contribution in [0.15, 0.2) is 24.3 Å². The summed E-state index contributed by atoms with van der Waals surface area (Å²) in [6.45, 7) is 2.00. The molecule has 0 aliphatic heterocycles. The fourth-order valence-electron chi connectivity index (χ4n) is 1.50. The summed E-state index contributed by atoms with van der Waals surface area (Å²) < 4.78 is 10.2. The van der Waals surface area contributed by atoms with Gasteiger partial charge in [0.05, 0.1) is 19.3 Å². The molecule has 1 aromatic carbocycles. The van der Waals surface area contributed by atoms with E-state index in [0.717, 1.165) is 17.7 Å². The molecular weight excluding hydrogens is 204 g/mol. The molecule has 0 saturated heterocycles. The molecule has 90 valence electrons. The van der Waals surface area contributed by atoms with Crippen molar-refractivity contribution in [1.29, 1.82) is 0 Å². The Labute approximate surface area is 97.0 Å². The first-order valence-electron chi connectivity index (χ1n) is 5.52. The highest BCUT2D eigenvalue weighted by Crippen LogP contribution is 2.22. The predicted molar refractivity (Wildman–Crippen MR) is 63.7 cm³/mol. The van der Waals surface area contributed by atoms with Gasteiger partial charge in [-0.05, 0) is 37.5 Å². The lowest BCUT2D eigenvalue weighted by Gasteiger charge is -2.14. The van der Waals surface area contributed by atoms with Crippen LogP contribution in [-0.2, 0) is 4.74 Å². The third kappa shape index (κ3) is 3.83. The summed E-state index contributed by atoms with van der Waals surface area (Å²) in [6, 6.07) is 7.50. The largest absolute Gasteiger partial charge is 0.497 e. The van der Waals surface area contributed by atoms with Gasteiger partial charge in [-0.2, -0.15) is 0 Å². The highest BCUT2D eigenvalue weighted by atomic mass is 16.5. The van der Waals surface area contributed by atoms with Crippen LogP contribution in [0.4, 0.5) is 0 Å². The monoisotopic (exact) mass is 224 g/mol. The Morgan fingerprint density at radius 1 is 1.12 bits per heavy atom. The van der Waals surface area contributed by atoms with Crippen LogP contribution in [0.25, 0.3) is 0 Å². The van der Waals surface area contributed by atoms with Crippen LogP contribution in [0, 0.1) is 0 Å². The molecular formula is C13H20O3. The lowest BCUT2D eigenvalue weighted by atomic mass is 10.0. The minimum atomic E-state index is -0.427. The van der Waals surface area contributed by atoms with Crippen LogP contribution in [0.2, 0.25) is 0 Å². The maximum absolute atomic E-state index is 9.93. The molecule has 0 radical (unpaired) electrons. The van der Waals surface area contributed by atoms with E-state index in [4.69, 9.17) is 9.47 Å². The zero-order chi connectivity index (χ0) is 12.0. The SMILES string of the molecule is COc1ccc(C(O)CCC(C)OC)cc1. The van der Waals surface area contributed by atoms with Crippen molar-refractivity contribution in [1.82, 2.24) is 0 Å². The molecule has 0 fully saturated rings. The van der Waals surface area contributed by atoms with Crippen molar-refractivity contribution in [2.45, 2.75) is 32.0 Å². The van der Waals surface area contributed by atoms with Crippen molar-refractivity contribution in [2.24, 2.45) is 0 Å². The average Bonchev–Trinajstić information content (AvgIpc) is 2.35. The molecule has 0 bridgehead atoms. The smallest absolute Gasteiger partial charge is 0.118 e. The number of hydrogen-bond acceptors (Lipinski definition) is 3. The Morgan fingerprint density at radius 3 is 2.25 bits per heavy atom. The first-order chi connectivity index (χ1) is 7.67. The second kappa shape index (κ2) is 6.51. The van der Waals surface area contributed by atoms with Crippen molar-refractivity contribution >= 4 is 0 Å². The fraction of sp³-hybridized carbons (Fsp3) is 0.538. The third-order valence-corrected chi connectivity index (χ3v) is 2.75. The predicted octanol–water partition coefficient (Wildman–Crippen LogP) is 2.54. The summed E-state index contributed by atoms with van der Waals surface area (Å²) in [5, 5.41) is 9.93. The molecule has 0 amide bonds. The van der Waals surface area contributed by atoms with Gasteiger partial charge < -0.3 is 14.6 Å². The van der Waals surface area contributed by atoms with Gasteiger partial charge in [0.15, 0.2) is 0 Å². The average molecular weight is 224 g/mol. The van der Waals surface area contributed by atoms with Gasteiger partial charge in [0.1, 0.15) is 5.75 Å². The van der Waals surface area contributed by atoms with Crippen LogP contribution >= 0.6 is 0 Å². The Bertz CT molecular complexity index is 295. The summed E-state index contributed by atoms with van der Waals surface area (Å²) in [7, 11) is 3.32. The summed E-state index contributed by atoms with van der Waals surface area (Å²) in [5.74, 6) is 0.807. The molecule has 1 rings (SSSR count). The lowest BCUT2D eigenvalue weighted by Crippen LogP contribution is -2.07. The minimum Gasteiger partial charge on any atom is -0.497 e. The molecule has 0 aliphatic rings. The molecule has 3 nitrogen and oxygen atoms in total. The number of rotatable bonds is 6.